The first kappa shape index (κ1) is 18.6. The monoisotopic (exact) mass is 381 g/mol. The molecule has 0 bridgehead atoms. The minimum Gasteiger partial charge on any atom is -0.493 e. The molecule has 1 aromatic carbocycles. The van der Waals surface area contributed by atoms with E-state index in [1.807, 2.05) is 6.07 Å². The Morgan fingerprint density at radius 2 is 1.81 bits per heavy atom. The number of piperidine rings is 1. The summed E-state index contributed by atoms with van der Waals surface area (Å²) in [7, 11) is -0.466. The molecule has 0 spiro atoms. The van der Waals surface area contributed by atoms with E-state index in [0.29, 0.717) is 18.0 Å². The summed E-state index contributed by atoms with van der Waals surface area (Å²) in [6.07, 6.45) is 3.46. The van der Waals surface area contributed by atoms with Gasteiger partial charge in [-0.3, -0.25) is 4.98 Å². The van der Waals surface area contributed by atoms with Crippen LogP contribution in [0.3, 0.4) is 0 Å². The number of ether oxygens (including phenoxy) is 2. The second-order valence-electron chi connectivity index (χ2n) is 6.25. The zero-order valence-corrected chi connectivity index (χ0v) is 15.6. The summed E-state index contributed by atoms with van der Waals surface area (Å²) in [6, 6.07) is 3.61. The fourth-order valence-corrected chi connectivity index (χ4v) is 3.55. The summed E-state index contributed by atoms with van der Waals surface area (Å²) >= 11 is 0. The predicted octanol–water partition coefficient (Wildman–Crippen LogP) is 0.657. The van der Waals surface area contributed by atoms with Gasteiger partial charge in [-0.1, -0.05) is 0 Å². The number of nitrogens with two attached hydrogens (primary N) is 1. The van der Waals surface area contributed by atoms with Crippen LogP contribution in [0.15, 0.2) is 18.3 Å². The zero-order valence-electron chi connectivity index (χ0n) is 14.8. The van der Waals surface area contributed by atoms with E-state index in [-0.39, 0.29) is 5.92 Å². The number of nitrogens with zero attached hydrogens (tertiary/aromatic N) is 3. The Balaban J connectivity index is 1.71. The topological polar surface area (TPSA) is 120 Å². The number of benzene rings is 1. The molecule has 1 saturated heterocycles. The van der Waals surface area contributed by atoms with Crippen LogP contribution in [0.25, 0.3) is 11.0 Å². The normalized spacial score (nSPS) is 16.0. The Labute approximate surface area is 152 Å². The first-order valence-corrected chi connectivity index (χ1v) is 9.85. The fraction of sp³-hybridized carbons (Fsp3) is 0.500. The molecule has 3 N–H and O–H groups in total. The number of aromatic nitrogens is 2. The molecule has 2 aromatic rings. The van der Waals surface area contributed by atoms with Gasteiger partial charge in [-0.15, -0.1) is 0 Å². The molecule has 9 nitrogen and oxygen atoms in total. The van der Waals surface area contributed by atoms with Gasteiger partial charge in [0.1, 0.15) is 5.82 Å². The lowest BCUT2D eigenvalue weighted by Crippen LogP contribution is -2.40. The van der Waals surface area contributed by atoms with E-state index in [0.717, 1.165) is 42.8 Å². The molecule has 2 heterocycles. The summed E-state index contributed by atoms with van der Waals surface area (Å²) in [5.41, 5.74) is 1.47. The molecule has 0 saturated carbocycles. The third kappa shape index (κ3) is 4.32. The van der Waals surface area contributed by atoms with E-state index in [2.05, 4.69) is 19.6 Å². The van der Waals surface area contributed by atoms with E-state index in [9.17, 15) is 8.42 Å². The summed E-state index contributed by atoms with van der Waals surface area (Å²) in [5.74, 6) is 2.29. The molecule has 26 heavy (non-hydrogen) atoms. The maximum atomic E-state index is 11.0. The van der Waals surface area contributed by atoms with Crippen LogP contribution in [0.1, 0.15) is 12.8 Å². The van der Waals surface area contributed by atoms with Gasteiger partial charge in [0.25, 0.3) is 10.2 Å². The number of rotatable bonds is 6. The molecule has 10 heteroatoms. The van der Waals surface area contributed by atoms with Gasteiger partial charge in [-0.25, -0.2) is 14.8 Å². The lowest BCUT2D eigenvalue weighted by atomic mass is 9.97. The molecule has 1 aromatic heterocycles. The lowest BCUT2D eigenvalue weighted by Gasteiger charge is -2.32. The molecule has 1 fully saturated rings. The van der Waals surface area contributed by atoms with Crippen molar-refractivity contribution in [2.75, 3.05) is 38.8 Å². The molecule has 0 atom stereocenters. The van der Waals surface area contributed by atoms with Crippen molar-refractivity contribution in [2.45, 2.75) is 12.8 Å². The van der Waals surface area contributed by atoms with Crippen LogP contribution in [0.4, 0.5) is 5.82 Å². The molecule has 0 amide bonds. The standard InChI is InChI=1S/C16H23N5O4S/c1-24-14-7-12-13(8-15(14)25-2)20-16(10-18-12)21-5-3-11(4-6-21)9-19-26(17,22)23/h7-8,10-11,19H,3-6,9H2,1-2H3,(H2,17,22,23). The van der Waals surface area contributed by atoms with Crippen LogP contribution in [0, 0.1) is 5.92 Å². The predicted molar refractivity (Wildman–Crippen MR) is 98.7 cm³/mol. The Hall–Kier alpha value is -2.17. The van der Waals surface area contributed by atoms with E-state index in [4.69, 9.17) is 14.6 Å². The second kappa shape index (κ2) is 7.60. The molecular weight excluding hydrogens is 358 g/mol. The molecule has 0 unspecified atom stereocenters. The van der Waals surface area contributed by atoms with E-state index < -0.39 is 10.2 Å². The summed E-state index contributed by atoms with van der Waals surface area (Å²) in [6.45, 7) is 1.93. The van der Waals surface area contributed by atoms with Gasteiger partial charge in [0.15, 0.2) is 11.5 Å². The maximum Gasteiger partial charge on any atom is 0.274 e. The highest BCUT2D eigenvalue weighted by atomic mass is 32.2. The average molecular weight is 381 g/mol. The average Bonchev–Trinajstić information content (AvgIpc) is 2.64. The third-order valence-electron chi connectivity index (χ3n) is 4.55. The summed E-state index contributed by atoms with van der Waals surface area (Å²) < 4.78 is 35.0. The van der Waals surface area contributed by atoms with Crippen LogP contribution >= 0.6 is 0 Å². The van der Waals surface area contributed by atoms with Gasteiger partial charge in [-0.05, 0) is 18.8 Å². The largest absolute Gasteiger partial charge is 0.493 e. The number of nitrogens with one attached hydrogen (secondary N) is 1. The van der Waals surface area contributed by atoms with E-state index in [1.165, 1.54) is 0 Å². The van der Waals surface area contributed by atoms with Gasteiger partial charge in [0.2, 0.25) is 0 Å². The Morgan fingerprint density at radius 3 is 2.38 bits per heavy atom. The quantitative estimate of drug-likeness (QED) is 0.754. The first-order chi connectivity index (χ1) is 12.4. The minimum atomic E-state index is -3.63. The van der Waals surface area contributed by atoms with E-state index >= 15 is 0 Å². The first-order valence-electron chi connectivity index (χ1n) is 8.30. The van der Waals surface area contributed by atoms with Crippen molar-refractivity contribution in [1.82, 2.24) is 14.7 Å². The smallest absolute Gasteiger partial charge is 0.274 e. The summed E-state index contributed by atoms with van der Waals surface area (Å²) in [4.78, 5) is 11.3. The molecule has 0 radical (unpaired) electrons. The fourth-order valence-electron chi connectivity index (χ4n) is 3.08. The molecule has 142 valence electrons. The Kier molecular flexibility index (Phi) is 5.44. The zero-order chi connectivity index (χ0) is 18.7. The van der Waals surface area contributed by atoms with Gasteiger partial charge in [0.05, 0.1) is 31.4 Å². The highest BCUT2D eigenvalue weighted by Gasteiger charge is 2.21. The van der Waals surface area contributed by atoms with Crippen molar-refractivity contribution in [3.8, 4) is 11.5 Å². The van der Waals surface area contributed by atoms with Crippen LogP contribution in [-0.4, -0.2) is 52.2 Å². The van der Waals surface area contributed by atoms with Crippen molar-refractivity contribution in [1.29, 1.82) is 0 Å². The highest BCUT2D eigenvalue weighted by Crippen LogP contribution is 2.31. The van der Waals surface area contributed by atoms with Crippen LogP contribution in [-0.2, 0) is 10.2 Å². The highest BCUT2D eigenvalue weighted by molar-refractivity contribution is 7.87. The van der Waals surface area contributed by atoms with E-state index in [1.54, 1.807) is 26.5 Å². The Bertz CT molecular complexity index is 882. The van der Waals surface area contributed by atoms with Crippen LogP contribution in [0.5, 0.6) is 11.5 Å². The molecule has 1 aliphatic heterocycles. The number of hydrogen-bond acceptors (Lipinski definition) is 7. The molecular formula is C16H23N5O4S. The summed E-state index contributed by atoms with van der Waals surface area (Å²) in [5, 5.41) is 4.98. The number of methoxy groups -OCH3 is 2. The van der Waals surface area contributed by atoms with Crippen molar-refractivity contribution >= 4 is 27.1 Å². The van der Waals surface area contributed by atoms with Crippen molar-refractivity contribution in [2.24, 2.45) is 11.1 Å². The lowest BCUT2D eigenvalue weighted by molar-refractivity contribution is 0.355. The Morgan fingerprint density at radius 1 is 1.19 bits per heavy atom. The van der Waals surface area contributed by atoms with Crippen molar-refractivity contribution in [3.63, 3.8) is 0 Å². The van der Waals surface area contributed by atoms with Gasteiger partial charge in [-0.2, -0.15) is 8.42 Å². The minimum absolute atomic E-state index is 0.266. The van der Waals surface area contributed by atoms with Gasteiger partial charge < -0.3 is 14.4 Å². The SMILES string of the molecule is COc1cc2ncc(N3CCC(CNS(N)(=O)=O)CC3)nc2cc1OC. The molecule has 1 aliphatic rings. The molecule has 3 rings (SSSR count). The van der Waals surface area contributed by atoms with Crippen LogP contribution in [0.2, 0.25) is 0 Å². The second-order valence-corrected chi connectivity index (χ2v) is 7.63. The van der Waals surface area contributed by atoms with Crippen molar-refractivity contribution < 1.29 is 17.9 Å². The van der Waals surface area contributed by atoms with Crippen molar-refractivity contribution in [3.05, 3.63) is 18.3 Å². The maximum absolute atomic E-state index is 11.0. The number of fused-ring (bicyclic) bond motifs is 1. The molecule has 0 aliphatic carbocycles. The number of anilines is 1. The number of hydrogen-bond donors (Lipinski definition) is 2. The van der Waals surface area contributed by atoms with Crippen LogP contribution < -0.4 is 24.2 Å². The third-order valence-corrected chi connectivity index (χ3v) is 5.12. The van der Waals surface area contributed by atoms with Gasteiger partial charge in [0, 0.05) is 31.8 Å². The van der Waals surface area contributed by atoms with Gasteiger partial charge >= 0.3 is 0 Å².